The van der Waals surface area contributed by atoms with Crippen LogP contribution >= 0.6 is 15.9 Å². The third-order valence-electron chi connectivity index (χ3n) is 3.76. The fraction of sp³-hybridized carbons (Fsp3) is 0.588. The topological polar surface area (TPSA) is 75.7 Å². The molecule has 0 saturated carbocycles. The van der Waals surface area contributed by atoms with Crippen molar-refractivity contribution in [1.82, 2.24) is 9.62 Å². The molecule has 1 N–H and O–H groups in total. The third kappa shape index (κ3) is 5.97. The molecule has 1 aromatic carbocycles. The Labute approximate surface area is 158 Å². The zero-order valence-corrected chi connectivity index (χ0v) is 17.2. The van der Waals surface area contributed by atoms with E-state index in [2.05, 4.69) is 20.7 Å². The first-order valence-electron chi connectivity index (χ1n) is 8.26. The highest BCUT2D eigenvalue weighted by Crippen LogP contribution is 2.18. The number of nitrogens with one attached hydrogen (secondary N) is 1. The Morgan fingerprint density at radius 3 is 2.76 bits per heavy atom. The average molecular weight is 433 g/mol. The first kappa shape index (κ1) is 20.2. The Bertz CT molecular complexity index is 716. The summed E-state index contributed by atoms with van der Waals surface area (Å²) in [4.78, 5) is 14.0. The minimum absolute atomic E-state index is 0.235. The van der Waals surface area contributed by atoms with E-state index in [1.807, 2.05) is 26.8 Å². The first-order chi connectivity index (χ1) is 11.6. The van der Waals surface area contributed by atoms with Gasteiger partial charge in [-0.05, 0) is 51.3 Å². The zero-order chi connectivity index (χ0) is 18.7. The average Bonchev–Trinajstić information content (AvgIpc) is 2.53. The van der Waals surface area contributed by atoms with Crippen molar-refractivity contribution < 1.29 is 17.9 Å². The molecule has 0 bridgehead atoms. The van der Waals surface area contributed by atoms with Crippen molar-refractivity contribution in [2.45, 2.75) is 55.5 Å². The van der Waals surface area contributed by atoms with Gasteiger partial charge in [-0.25, -0.2) is 17.9 Å². The van der Waals surface area contributed by atoms with Crippen LogP contribution in [0.2, 0.25) is 0 Å². The largest absolute Gasteiger partial charge is 0.444 e. The van der Waals surface area contributed by atoms with Crippen LogP contribution in [-0.2, 0) is 20.1 Å². The van der Waals surface area contributed by atoms with Gasteiger partial charge in [-0.1, -0.05) is 28.1 Å². The molecule has 6 nitrogen and oxygen atoms in total. The number of carbonyl (C=O) groups is 1. The molecule has 1 aliphatic heterocycles. The quantitative estimate of drug-likeness (QED) is 0.740. The summed E-state index contributed by atoms with van der Waals surface area (Å²) in [5, 5.41) is 0.589. The van der Waals surface area contributed by atoms with E-state index >= 15 is 0 Å². The maximum absolute atomic E-state index is 12.6. The molecule has 0 aliphatic carbocycles. The minimum Gasteiger partial charge on any atom is -0.444 e. The number of hydrogen-bond acceptors (Lipinski definition) is 4. The van der Waals surface area contributed by atoms with Gasteiger partial charge in [-0.3, -0.25) is 0 Å². The lowest BCUT2D eigenvalue weighted by molar-refractivity contribution is 0.0195. The molecule has 0 aromatic heterocycles. The van der Waals surface area contributed by atoms with E-state index in [-0.39, 0.29) is 10.9 Å². The molecule has 8 heteroatoms. The van der Waals surface area contributed by atoms with Crippen LogP contribution in [0.15, 0.2) is 29.2 Å². The number of piperidine rings is 1. The first-order valence-corrected chi connectivity index (χ1v) is 10.9. The molecule has 25 heavy (non-hydrogen) atoms. The smallest absolute Gasteiger partial charge is 0.410 e. The van der Waals surface area contributed by atoms with Crippen LogP contribution in [0.1, 0.15) is 39.2 Å². The Balaban J connectivity index is 2.05. The number of nitrogens with zero attached hydrogens (tertiary/aromatic N) is 1. The van der Waals surface area contributed by atoms with Gasteiger partial charge in [0.25, 0.3) is 0 Å². The van der Waals surface area contributed by atoms with Crippen LogP contribution in [0.3, 0.4) is 0 Å². The molecular formula is C17H25BrN2O4S. The van der Waals surface area contributed by atoms with E-state index in [9.17, 15) is 13.2 Å². The number of likely N-dealkylation sites (tertiary alicyclic amines) is 1. The van der Waals surface area contributed by atoms with Gasteiger partial charge >= 0.3 is 6.09 Å². The molecule has 1 aromatic rings. The molecule has 1 amide bonds. The lowest BCUT2D eigenvalue weighted by Gasteiger charge is -2.34. The number of ether oxygens (including phenoxy) is 1. The zero-order valence-electron chi connectivity index (χ0n) is 14.8. The van der Waals surface area contributed by atoms with Crippen LogP contribution in [0, 0.1) is 0 Å². The number of rotatable bonds is 4. The molecule has 1 atom stereocenters. The van der Waals surface area contributed by atoms with Crippen molar-refractivity contribution >= 4 is 32.0 Å². The number of alkyl halides is 1. The summed E-state index contributed by atoms with van der Waals surface area (Å²) < 4.78 is 33.3. The number of hydrogen-bond donors (Lipinski definition) is 1. The molecule has 140 valence electrons. The molecule has 0 radical (unpaired) electrons. The second-order valence-electron chi connectivity index (χ2n) is 7.17. The third-order valence-corrected chi connectivity index (χ3v) is 5.92. The van der Waals surface area contributed by atoms with Crippen molar-refractivity contribution in [1.29, 1.82) is 0 Å². The lowest BCUT2D eigenvalue weighted by atomic mass is 10.1. The number of halogens is 1. The summed E-state index contributed by atoms with van der Waals surface area (Å²) in [6, 6.07) is 6.48. The van der Waals surface area contributed by atoms with E-state index in [4.69, 9.17) is 4.74 Å². The normalized spacial score (nSPS) is 18.9. The van der Waals surface area contributed by atoms with Crippen LogP contribution in [0.5, 0.6) is 0 Å². The predicted octanol–water partition coefficient (Wildman–Crippen LogP) is 3.26. The van der Waals surface area contributed by atoms with Gasteiger partial charge in [0.15, 0.2) is 0 Å². The van der Waals surface area contributed by atoms with Gasteiger partial charge in [0.2, 0.25) is 10.0 Å². The van der Waals surface area contributed by atoms with Gasteiger partial charge in [-0.15, -0.1) is 0 Å². The van der Waals surface area contributed by atoms with Crippen LogP contribution in [0.25, 0.3) is 0 Å². The monoisotopic (exact) mass is 432 g/mol. The van der Waals surface area contributed by atoms with Crippen molar-refractivity contribution in [3.8, 4) is 0 Å². The van der Waals surface area contributed by atoms with E-state index in [1.54, 1.807) is 23.1 Å². The highest BCUT2D eigenvalue weighted by molar-refractivity contribution is 9.08. The van der Waals surface area contributed by atoms with E-state index < -0.39 is 21.7 Å². The molecular weight excluding hydrogens is 408 g/mol. The molecule has 1 saturated heterocycles. The van der Waals surface area contributed by atoms with E-state index in [0.717, 1.165) is 12.0 Å². The Morgan fingerprint density at radius 2 is 2.12 bits per heavy atom. The minimum atomic E-state index is -3.63. The fourth-order valence-electron chi connectivity index (χ4n) is 2.65. The van der Waals surface area contributed by atoms with Gasteiger partial charge in [0.05, 0.1) is 4.90 Å². The van der Waals surface area contributed by atoms with Crippen molar-refractivity contribution in [2.24, 2.45) is 0 Å². The maximum atomic E-state index is 12.6. The predicted molar refractivity (Wildman–Crippen MR) is 100 cm³/mol. The summed E-state index contributed by atoms with van der Waals surface area (Å²) in [6.45, 7) is 6.32. The van der Waals surface area contributed by atoms with E-state index in [1.165, 1.54) is 0 Å². The molecule has 0 unspecified atom stereocenters. The fourth-order valence-corrected chi connectivity index (χ4v) is 4.33. The Morgan fingerprint density at radius 1 is 1.40 bits per heavy atom. The Hall–Kier alpha value is -1.12. The summed E-state index contributed by atoms with van der Waals surface area (Å²) in [6.07, 6.45) is 1.02. The number of benzene rings is 1. The summed E-state index contributed by atoms with van der Waals surface area (Å²) in [5.74, 6) is 0. The second kappa shape index (κ2) is 8.05. The van der Waals surface area contributed by atoms with Crippen molar-refractivity contribution in [3.63, 3.8) is 0 Å². The Kier molecular flexibility index (Phi) is 6.51. The van der Waals surface area contributed by atoms with Crippen LogP contribution < -0.4 is 4.72 Å². The second-order valence-corrected chi connectivity index (χ2v) is 9.44. The number of sulfonamides is 1. The summed E-state index contributed by atoms with van der Waals surface area (Å²) in [5.41, 5.74) is 0.321. The maximum Gasteiger partial charge on any atom is 0.410 e. The highest BCUT2D eigenvalue weighted by Gasteiger charge is 2.30. The molecule has 1 heterocycles. The van der Waals surface area contributed by atoms with Gasteiger partial charge in [0, 0.05) is 24.5 Å². The van der Waals surface area contributed by atoms with Crippen molar-refractivity contribution in [2.75, 3.05) is 13.1 Å². The van der Waals surface area contributed by atoms with Gasteiger partial charge < -0.3 is 9.64 Å². The lowest BCUT2D eigenvalue weighted by Crippen LogP contribution is -2.50. The number of amides is 1. The molecule has 2 rings (SSSR count). The van der Waals surface area contributed by atoms with Crippen LogP contribution in [-0.4, -0.2) is 44.1 Å². The SMILES string of the molecule is CC(C)(C)OC(=O)N1CCC[C@@H](NS(=O)(=O)c2cccc(CBr)c2)C1. The van der Waals surface area contributed by atoms with E-state index in [0.29, 0.717) is 24.8 Å². The van der Waals surface area contributed by atoms with Gasteiger partial charge in [-0.2, -0.15) is 0 Å². The number of carbonyl (C=O) groups excluding carboxylic acids is 1. The van der Waals surface area contributed by atoms with Crippen molar-refractivity contribution in [3.05, 3.63) is 29.8 Å². The molecule has 1 aliphatic rings. The van der Waals surface area contributed by atoms with Crippen LogP contribution in [0.4, 0.5) is 4.79 Å². The summed E-state index contributed by atoms with van der Waals surface area (Å²) >= 11 is 3.33. The summed E-state index contributed by atoms with van der Waals surface area (Å²) in [7, 11) is -3.63. The molecule has 0 spiro atoms. The standard InChI is InChI=1S/C17H25BrN2O4S/c1-17(2,3)24-16(21)20-9-5-7-14(12-20)19-25(22,23)15-8-4-6-13(10-15)11-18/h4,6,8,10,14,19H,5,7,9,11-12H2,1-3H3/t14-/m1/s1. The molecule has 1 fully saturated rings. The highest BCUT2D eigenvalue weighted by atomic mass is 79.9. The van der Waals surface area contributed by atoms with Gasteiger partial charge in [0.1, 0.15) is 5.60 Å².